The average molecular weight is 272 g/mol. The number of pyridine rings is 1. The van der Waals surface area contributed by atoms with Gasteiger partial charge in [0.15, 0.2) is 0 Å². The van der Waals surface area contributed by atoms with Crippen LogP contribution in [-0.4, -0.2) is 32.4 Å². The maximum Gasteiger partial charge on any atom is 0.242 e. The number of carbonyl (C=O) groups excluding carboxylic acids is 1. The van der Waals surface area contributed by atoms with Gasteiger partial charge in [-0.25, -0.2) is 13.1 Å². The van der Waals surface area contributed by atoms with Crippen molar-refractivity contribution in [2.75, 3.05) is 13.1 Å². The third kappa shape index (κ3) is 4.40. The van der Waals surface area contributed by atoms with Crippen molar-refractivity contribution in [3.63, 3.8) is 0 Å². The average Bonchev–Trinajstić information content (AvgIpc) is 2.34. The van der Waals surface area contributed by atoms with E-state index in [4.69, 9.17) is 5.73 Å². The van der Waals surface area contributed by atoms with Crippen molar-refractivity contribution in [2.45, 2.75) is 18.4 Å². The quantitative estimate of drug-likeness (QED) is 0.572. The summed E-state index contributed by atoms with van der Waals surface area (Å²) >= 11 is 0. The summed E-state index contributed by atoms with van der Waals surface area (Å²) in [6.07, 6.45) is 1.25. The fourth-order valence-corrected chi connectivity index (χ4v) is 2.17. The molecule has 1 aromatic heterocycles. The van der Waals surface area contributed by atoms with Gasteiger partial charge in [-0.2, -0.15) is 0 Å². The second-order valence-corrected chi connectivity index (χ2v) is 5.34. The van der Waals surface area contributed by atoms with Crippen LogP contribution in [0.3, 0.4) is 0 Å². The Bertz CT molecular complexity index is 498. The Morgan fingerprint density at radius 3 is 2.61 bits per heavy atom. The van der Waals surface area contributed by atoms with E-state index in [1.165, 1.54) is 19.2 Å². The molecular formula is C10H16N4O3S. The number of sulfonamides is 1. The Kier molecular flexibility index (Phi) is 5.20. The molecule has 0 bridgehead atoms. The SMILES string of the molecule is CC(=O)NCCNS(=O)(=O)c1ccc(CN)nc1. The molecule has 0 aliphatic heterocycles. The normalized spacial score (nSPS) is 11.2. The van der Waals surface area contributed by atoms with Crippen LogP contribution in [0.25, 0.3) is 0 Å². The van der Waals surface area contributed by atoms with Crippen LogP contribution in [0, 0.1) is 0 Å². The van der Waals surface area contributed by atoms with E-state index in [0.717, 1.165) is 0 Å². The Morgan fingerprint density at radius 1 is 1.39 bits per heavy atom. The molecule has 4 N–H and O–H groups in total. The number of nitrogens with zero attached hydrogens (tertiary/aromatic N) is 1. The summed E-state index contributed by atoms with van der Waals surface area (Å²) in [5, 5.41) is 2.49. The number of carbonyl (C=O) groups is 1. The molecule has 0 fully saturated rings. The molecule has 0 unspecified atom stereocenters. The molecule has 0 saturated carbocycles. The van der Waals surface area contributed by atoms with Crippen LogP contribution in [0.2, 0.25) is 0 Å². The lowest BCUT2D eigenvalue weighted by Gasteiger charge is -2.07. The van der Waals surface area contributed by atoms with Gasteiger partial charge in [0, 0.05) is 32.8 Å². The summed E-state index contributed by atoms with van der Waals surface area (Å²) in [5.41, 5.74) is 5.99. The Hall–Kier alpha value is -1.51. The first-order valence-electron chi connectivity index (χ1n) is 5.35. The first-order valence-corrected chi connectivity index (χ1v) is 6.83. The van der Waals surface area contributed by atoms with Gasteiger partial charge in [0.25, 0.3) is 0 Å². The molecule has 18 heavy (non-hydrogen) atoms. The number of rotatable bonds is 6. The van der Waals surface area contributed by atoms with Crippen molar-refractivity contribution in [1.29, 1.82) is 0 Å². The van der Waals surface area contributed by atoms with Crippen molar-refractivity contribution in [3.05, 3.63) is 24.0 Å². The van der Waals surface area contributed by atoms with Crippen LogP contribution in [0.5, 0.6) is 0 Å². The van der Waals surface area contributed by atoms with E-state index >= 15 is 0 Å². The zero-order chi connectivity index (χ0) is 13.6. The van der Waals surface area contributed by atoms with Crippen molar-refractivity contribution >= 4 is 15.9 Å². The molecule has 1 heterocycles. The molecule has 1 rings (SSSR count). The maximum absolute atomic E-state index is 11.8. The van der Waals surface area contributed by atoms with Crippen LogP contribution in [-0.2, 0) is 21.4 Å². The summed E-state index contributed by atoms with van der Waals surface area (Å²) < 4.78 is 25.9. The van der Waals surface area contributed by atoms with Gasteiger partial charge >= 0.3 is 0 Å². The summed E-state index contributed by atoms with van der Waals surface area (Å²) in [4.78, 5) is 14.6. The largest absolute Gasteiger partial charge is 0.355 e. The summed E-state index contributed by atoms with van der Waals surface area (Å²) in [6.45, 7) is 1.99. The van der Waals surface area contributed by atoms with Gasteiger partial charge in [0.1, 0.15) is 4.90 Å². The van der Waals surface area contributed by atoms with Crippen molar-refractivity contribution in [2.24, 2.45) is 5.73 Å². The second-order valence-electron chi connectivity index (χ2n) is 3.57. The van der Waals surface area contributed by atoms with Gasteiger partial charge in [-0.1, -0.05) is 0 Å². The Morgan fingerprint density at radius 2 is 2.11 bits per heavy atom. The molecule has 1 amide bonds. The minimum absolute atomic E-state index is 0.0718. The van der Waals surface area contributed by atoms with Crippen LogP contribution in [0.4, 0.5) is 0 Å². The van der Waals surface area contributed by atoms with Crippen molar-refractivity contribution < 1.29 is 13.2 Å². The minimum atomic E-state index is -3.59. The highest BCUT2D eigenvalue weighted by Crippen LogP contribution is 2.06. The first-order chi connectivity index (χ1) is 8.45. The highest BCUT2D eigenvalue weighted by Gasteiger charge is 2.13. The van der Waals surface area contributed by atoms with Crippen molar-refractivity contribution in [1.82, 2.24) is 15.0 Å². The van der Waals surface area contributed by atoms with Crippen molar-refractivity contribution in [3.8, 4) is 0 Å². The molecule has 0 aliphatic rings. The van der Waals surface area contributed by atoms with Gasteiger partial charge in [0.2, 0.25) is 15.9 Å². The molecule has 0 saturated heterocycles. The lowest BCUT2D eigenvalue weighted by Crippen LogP contribution is -2.33. The van der Waals surface area contributed by atoms with Crippen LogP contribution < -0.4 is 15.8 Å². The fraction of sp³-hybridized carbons (Fsp3) is 0.400. The number of nitrogens with one attached hydrogen (secondary N) is 2. The molecule has 0 aromatic carbocycles. The molecule has 0 aliphatic carbocycles. The lowest BCUT2D eigenvalue weighted by molar-refractivity contribution is -0.118. The van der Waals surface area contributed by atoms with E-state index in [2.05, 4.69) is 15.0 Å². The number of aromatic nitrogens is 1. The predicted octanol–water partition coefficient (Wildman–Crippen LogP) is -1.05. The summed E-state index contributed by atoms with van der Waals surface area (Å²) in [6, 6.07) is 3.00. The monoisotopic (exact) mass is 272 g/mol. The molecule has 0 spiro atoms. The molecular weight excluding hydrogens is 256 g/mol. The fourth-order valence-electron chi connectivity index (χ4n) is 1.20. The highest BCUT2D eigenvalue weighted by atomic mass is 32.2. The molecule has 8 heteroatoms. The Labute approximate surface area is 106 Å². The van der Waals surface area contributed by atoms with Crippen LogP contribution in [0.1, 0.15) is 12.6 Å². The number of nitrogens with two attached hydrogens (primary N) is 1. The van der Waals surface area contributed by atoms with Crippen LogP contribution in [0.15, 0.2) is 23.2 Å². The minimum Gasteiger partial charge on any atom is -0.355 e. The number of hydrogen-bond donors (Lipinski definition) is 3. The van der Waals surface area contributed by atoms with Crippen LogP contribution >= 0.6 is 0 Å². The second kappa shape index (κ2) is 6.43. The first kappa shape index (κ1) is 14.6. The van der Waals surface area contributed by atoms with E-state index < -0.39 is 10.0 Å². The molecule has 7 nitrogen and oxygen atoms in total. The third-order valence-electron chi connectivity index (χ3n) is 2.11. The zero-order valence-electron chi connectivity index (χ0n) is 10.0. The highest BCUT2D eigenvalue weighted by molar-refractivity contribution is 7.89. The predicted molar refractivity (Wildman–Crippen MR) is 66.0 cm³/mol. The third-order valence-corrected chi connectivity index (χ3v) is 3.55. The van der Waals surface area contributed by atoms with Gasteiger partial charge in [-0.3, -0.25) is 9.78 Å². The maximum atomic E-state index is 11.8. The standard InChI is InChI=1S/C10H16N4O3S/c1-8(15)12-4-5-14-18(16,17)10-3-2-9(6-11)13-7-10/h2-3,7,14H,4-6,11H2,1H3,(H,12,15). The topological polar surface area (TPSA) is 114 Å². The smallest absolute Gasteiger partial charge is 0.242 e. The van der Waals surface area contributed by atoms with E-state index in [-0.39, 0.29) is 30.4 Å². The molecule has 0 radical (unpaired) electrons. The number of hydrogen-bond acceptors (Lipinski definition) is 5. The van der Waals surface area contributed by atoms with E-state index in [1.807, 2.05) is 0 Å². The van der Waals surface area contributed by atoms with Gasteiger partial charge in [0.05, 0.1) is 5.69 Å². The molecule has 100 valence electrons. The van der Waals surface area contributed by atoms with Gasteiger partial charge in [-0.15, -0.1) is 0 Å². The lowest BCUT2D eigenvalue weighted by atomic mass is 10.4. The molecule has 0 atom stereocenters. The van der Waals surface area contributed by atoms with E-state index in [0.29, 0.717) is 5.69 Å². The summed E-state index contributed by atoms with van der Waals surface area (Å²) in [5.74, 6) is -0.205. The van der Waals surface area contributed by atoms with Gasteiger partial charge in [-0.05, 0) is 12.1 Å². The molecule has 1 aromatic rings. The van der Waals surface area contributed by atoms with Gasteiger partial charge < -0.3 is 11.1 Å². The van der Waals surface area contributed by atoms with E-state index in [1.54, 1.807) is 6.07 Å². The van der Waals surface area contributed by atoms with E-state index in [9.17, 15) is 13.2 Å². The Balaban J connectivity index is 2.59. The zero-order valence-corrected chi connectivity index (χ0v) is 10.8. The summed E-state index contributed by atoms with van der Waals surface area (Å²) in [7, 11) is -3.59. The number of amides is 1.